The number of nitrogens with one attached hydrogen (secondary N) is 1. The lowest BCUT2D eigenvalue weighted by molar-refractivity contribution is -0.0867. The lowest BCUT2D eigenvalue weighted by atomic mass is 10.2. The summed E-state index contributed by atoms with van der Waals surface area (Å²) in [5.74, 6) is 0. The molecule has 1 aliphatic heterocycles. The predicted octanol–water partition coefficient (Wildman–Crippen LogP) is 2.90. The van der Waals surface area contributed by atoms with E-state index < -0.39 is 0 Å². The van der Waals surface area contributed by atoms with E-state index in [0.717, 1.165) is 13.2 Å². The third kappa shape index (κ3) is 3.43. The van der Waals surface area contributed by atoms with Gasteiger partial charge in [0.1, 0.15) is 0 Å². The summed E-state index contributed by atoms with van der Waals surface area (Å²) >= 11 is 3.58. The van der Waals surface area contributed by atoms with Gasteiger partial charge in [0.15, 0.2) is 0 Å². The Balaban J connectivity index is 1.66. The first kappa shape index (κ1) is 13.3. The van der Waals surface area contributed by atoms with Crippen molar-refractivity contribution in [2.45, 2.75) is 12.1 Å². The summed E-state index contributed by atoms with van der Waals surface area (Å²) in [5.41, 5.74) is 0. The predicted molar refractivity (Wildman–Crippen MR) is 79.0 cm³/mol. The second-order valence-electron chi connectivity index (χ2n) is 4.44. The summed E-state index contributed by atoms with van der Waals surface area (Å²) in [6.07, 6.45) is 0.163. The van der Waals surface area contributed by atoms with E-state index in [-0.39, 0.29) is 12.1 Å². The minimum Gasteiger partial charge on any atom is -0.376 e. The molecule has 0 saturated carbocycles. The van der Waals surface area contributed by atoms with Crippen molar-refractivity contribution in [1.82, 2.24) is 5.32 Å². The number of thiophene rings is 2. The average Bonchev–Trinajstić information content (AvgIpc) is 3.13. The van der Waals surface area contributed by atoms with E-state index in [1.54, 1.807) is 22.7 Å². The summed E-state index contributed by atoms with van der Waals surface area (Å²) < 4.78 is 11.1. The molecule has 2 aromatic rings. The first-order valence-electron chi connectivity index (χ1n) is 6.43. The molecule has 1 N–H and O–H groups in total. The molecular formula is C14H17NO2S2. The van der Waals surface area contributed by atoms with Crippen molar-refractivity contribution in [1.29, 1.82) is 0 Å². The zero-order valence-electron chi connectivity index (χ0n) is 10.6. The van der Waals surface area contributed by atoms with Crippen molar-refractivity contribution < 1.29 is 9.47 Å². The van der Waals surface area contributed by atoms with Gasteiger partial charge in [0.2, 0.25) is 0 Å². The molecule has 0 bridgehead atoms. The van der Waals surface area contributed by atoms with Crippen LogP contribution in [0.1, 0.15) is 15.8 Å². The Morgan fingerprint density at radius 1 is 1.16 bits per heavy atom. The normalized spacial score (nSPS) is 19.9. The molecule has 1 saturated heterocycles. The quantitative estimate of drug-likeness (QED) is 0.920. The topological polar surface area (TPSA) is 30.5 Å². The van der Waals surface area contributed by atoms with Crippen molar-refractivity contribution in [3.05, 3.63) is 44.8 Å². The molecule has 1 unspecified atom stereocenters. The lowest BCUT2D eigenvalue weighted by Gasteiger charge is -2.25. The maximum Gasteiger partial charge on any atom is 0.0933 e. The lowest BCUT2D eigenvalue weighted by Crippen LogP contribution is -2.38. The Morgan fingerprint density at radius 2 is 1.89 bits per heavy atom. The highest BCUT2D eigenvalue weighted by molar-refractivity contribution is 7.11. The summed E-state index contributed by atoms with van der Waals surface area (Å²) in [4.78, 5) is 2.69. The molecule has 1 aliphatic rings. The van der Waals surface area contributed by atoms with Crippen LogP contribution in [-0.4, -0.2) is 32.5 Å². The van der Waals surface area contributed by atoms with Crippen LogP contribution in [0.15, 0.2) is 35.0 Å². The fraction of sp³-hybridized carbons (Fsp3) is 0.429. The van der Waals surface area contributed by atoms with Crippen LogP contribution in [0, 0.1) is 0 Å². The van der Waals surface area contributed by atoms with Gasteiger partial charge in [-0.1, -0.05) is 12.1 Å². The molecule has 2 aromatic heterocycles. The molecule has 3 nitrogen and oxygen atoms in total. The van der Waals surface area contributed by atoms with Gasteiger partial charge in [-0.05, 0) is 22.9 Å². The molecule has 1 atom stereocenters. The van der Waals surface area contributed by atoms with Crippen molar-refractivity contribution >= 4 is 22.7 Å². The summed E-state index contributed by atoms with van der Waals surface area (Å²) in [7, 11) is 0. The summed E-state index contributed by atoms with van der Waals surface area (Å²) in [5, 5.41) is 7.86. The van der Waals surface area contributed by atoms with Crippen molar-refractivity contribution in [3.8, 4) is 0 Å². The highest BCUT2D eigenvalue weighted by atomic mass is 32.1. The fourth-order valence-electron chi connectivity index (χ4n) is 2.16. The Hall–Kier alpha value is -0.720. The van der Waals surface area contributed by atoms with E-state index in [1.165, 1.54) is 9.75 Å². The van der Waals surface area contributed by atoms with Gasteiger partial charge in [-0.15, -0.1) is 22.7 Å². The second-order valence-corrected chi connectivity index (χ2v) is 6.40. The van der Waals surface area contributed by atoms with E-state index >= 15 is 0 Å². The van der Waals surface area contributed by atoms with Crippen LogP contribution in [0.5, 0.6) is 0 Å². The van der Waals surface area contributed by atoms with Gasteiger partial charge in [0.05, 0.1) is 32.0 Å². The zero-order valence-corrected chi connectivity index (χ0v) is 12.2. The van der Waals surface area contributed by atoms with Crippen LogP contribution in [0.25, 0.3) is 0 Å². The molecule has 5 heteroatoms. The maximum absolute atomic E-state index is 5.68. The third-order valence-corrected chi connectivity index (χ3v) is 4.96. The van der Waals surface area contributed by atoms with Gasteiger partial charge >= 0.3 is 0 Å². The molecule has 3 heterocycles. The Kier molecular flexibility index (Phi) is 4.63. The second kappa shape index (κ2) is 6.63. The van der Waals surface area contributed by atoms with Crippen LogP contribution >= 0.6 is 22.7 Å². The Morgan fingerprint density at radius 3 is 2.42 bits per heavy atom. The highest BCUT2D eigenvalue weighted by Crippen LogP contribution is 2.29. The van der Waals surface area contributed by atoms with Crippen LogP contribution < -0.4 is 5.32 Å². The van der Waals surface area contributed by atoms with Crippen molar-refractivity contribution in [2.24, 2.45) is 0 Å². The number of hydrogen-bond donors (Lipinski definition) is 1. The minimum absolute atomic E-state index is 0.163. The Labute approximate surface area is 121 Å². The smallest absolute Gasteiger partial charge is 0.0933 e. The highest BCUT2D eigenvalue weighted by Gasteiger charge is 2.20. The van der Waals surface area contributed by atoms with Gasteiger partial charge in [-0.2, -0.15) is 0 Å². The SMILES string of the molecule is c1csc(C(NCC2COCCO2)c2cccs2)c1. The molecule has 0 aliphatic carbocycles. The summed E-state index contributed by atoms with van der Waals surface area (Å²) in [6.45, 7) is 2.93. The first-order valence-corrected chi connectivity index (χ1v) is 8.19. The van der Waals surface area contributed by atoms with E-state index in [9.17, 15) is 0 Å². The molecule has 0 amide bonds. The van der Waals surface area contributed by atoms with Gasteiger partial charge < -0.3 is 14.8 Å². The van der Waals surface area contributed by atoms with Crippen LogP contribution in [0.2, 0.25) is 0 Å². The number of rotatable bonds is 5. The first-order chi connectivity index (χ1) is 9.43. The number of hydrogen-bond acceptors (Lipinski definition) is 5. The van der Waals surface area contributed by atoms with Gasteiger partial charge in [0, 0.05) is 16.3 Å². The van der Waals surface area contributed by atoms with Gasteiger partial charge in [-0.3, -0.25) is 0 Å². The molecule has 0 aromatic carbocycles. The standard InChI is InChI=1S/C14H17NO2S2/c1-3-12(18-7-1)14(13-4-2-8-19-13)15-9-11-10-16-5-6-17-11/h1-4,7-8,11,14-15H,5-6,9-10H2. The van der Waals surface area contributed by atoms with Crippen molar-refractivity contribution in [2.75, 3.05) is 26.4 Å². The fourth-order valence-corrected chi connectivity index (χ4v) is 3.87. The molecule has 19 heavy (non-hydrogen) atoms. The molecule has 0 spiro atoms. The van der Waals surface area contributed by atoms with Crippen molar-refractivity contribution in [3.63, 3.8) is 0 Å². The van der Waals surface area contributed by atoms with Gasteiger partial charge in [0.25, 0.3) is 0 Å². The monoisotopic (exact) mass is 295 g/mol. The third-order valence-electron chi connectivity index (χ3n) is 3.09. The number of ether oxygens (including phenoxy) is 2. The Bertz CT molecular complexity index is 429. The molecule has 1 fully saturated rings. The van der Waals surface area contributed by atoms with Crippen LogP contribution in [0.3, 0.4) is 0 Å². The van der Waals surface area contributed by atoms with E-state index in [2.05, 4.69) is 40.3 Å². The van der Waals surface area contributed by atoms with E-state index in [0.29, 0.717) is 13.2 Å². The van der Waals surface area contributed by atoms with E-state index in [1.807, 2.05) is 0 Å². The van der Waals surface area contributed by atoms with E-state index in [4.69, 9.17) is 9.47 Å². The van der Waals surface area contributed by atoms with Crippen LogP contribution in [0.4, 0.5) is 0 Å². The zero-order chi connectivity index (χ0) is 12.9. The molecule has 3 rings (SSSR count). The largest absolute Gasteiger partial charge is 0.376 e. The molecular weight excluding hydrogens is 278 g/mol. The van der Waals surface area contributed by atoms with Crippen LogP contribution in [-0.2, 0) is 9.47 Å². The maximum atomic E-state index is 5.68. The summed E-state index contributed by atoms with van der Waals surface area (Å²) in [6, 6.07) is 8.83. The minimum atomic E-state index is 0.163. The molecule has 102 valence electrons. The average molecular weight is 295 g/mol. The molecule has 0 radical (unpaired) electrons. The van der Waals surface area contributed by atoms with Gasteiger partial charge in [-0.25, -0.2) is 0 Å².